The summed E-state index contributed by atoms with van der Waals surface area (Å²) in [5.41, 5.74) is 5.77. The van der Waals surface area contributed by atoms with Crippen LogP contribution in [0, 0.1) is 20.8 Å². The van der Waals surface area contributed by atoms with Gasteiger partial charge in [-0.25, -0.2) is 4.79 Å². The van der Waals surface area contributed by atoms with E-state index in [2.05, 4.69) is 5.32 Å². The Balaban J connectivity index is 1.47. The number of benzene rings is 2. The van der Waals surface area contributed by atoms with Crippen molar-refractivity contribution in [1.82, 2.24) is 0 Å². The Morgan fingerprint density at radius 2 is 1.80 bits per heavy atom. The van der Waals surface area contributed by atoms with Crippen LogP contribution in [-0.2, 0) is 16.1 Å². The number of aryl methyl sites for hydroxylation is 3. The molecule has 1 atom stereocenters. The fraction of sp³-hybridized carbons (Fsp3) is 0.250. The lowest BCUT2D eigenvalue weighted by Gasteiger charge is -2.16. The van der Waals surface area contributed by atoms with Gasteiger partial charge in [-0.2, -0.15) is 0 Å². The first-order chi connectivity index (χ1) is 14.3. The molecule has 1 N–H and O–H groups in total. The van der Waals surface area contributed by atoms with Gasteiger partial charge >= 0.3 is 5.97 Å². The summed E-state index contributed by atoms with van der Waals surface area (Å²) in [6.45, 7) is 7.90. The third-order valence-corrected chi connectivity index (χ3v) is 6.29. The number of rotatable bonds is 4. The molecule has 2 aromatic carbocycles. The number of anilines is 1. The number of fused-ring (bicyclic) bond motifs is 3. The number of para-hydroxylation sites is 1. The van der Waals surface area contributed by atoms with E-state index in [1.807, 2.05) is 57.2 Å². The van der Waals surface area contributed by atoms with E-state index in [0.717, 1.165) is 44.1 Å². The zero-order chi connectivity index (χ0) is 21.4. The quantitative estimate of drug-likeness (QED) is 0.572. The molecule has 1 aliphatic rings. The van der Waals surface area contributed by atoms with Crippen LogP contribution in [0.1, 0.15) is 38.8 Å². The number of amides is 1. The van der Waals surface area contributed by atoms with E-state index >= 15 is 0 Å². The van der Waals surface area contributed by atoms with Crippen molar-refractivity contribution < 1.29 is 19.1 Å². The highest BCUT2D eigenvalue weighted by Gasteiger charge is 2.25. The first-order valence-electron chi connectivity index (χ1n) is 9.78. The van der Waals surface area contributed by atoms with E-state index in [4.69, 9.17) is 9.47 Å². The van der Waals surface area contributed by atoms with Crippen molar-refractivity contribution in [3.63, 3.8) is 0 Å². The summed E-state index contributed by atoms with van der Waals surface area (Å²) < 4.78 is 11.2. The molecular formula is C24H23NO4S. The molecule has 1 aliphatic heterocycles. The lowest BCUT2D eigenvalue weighted by molar-refractivity contribution is -0.123. The number of thiophene rings is 1. The van der Waals surface area contributed by atoms with Crippen molar-refractivity contribution in [3.8, 4) is 16.2 Å². The average Bonchev–Trinajstić information content (AvgIpc) is 3.15. The number of hydrogen-bond acceptors (Lipinski definition) is 5. The van der Waals surface area contributed by atoms with Crippen LogP contribution in [0.2, 0.25) is 0 Å². The molecule has 30 heavy (non-hydrogen) atoms. The molecule has 2 heterocycles. The fourth-order valence-electron chi connectivity index (χ4n) is 3.67. The molecule has 1 unspecified atom stereocenters. The van der Waals surface area contributed by atoms with Crippen LogP contribution in [0.4, 0.5) is 5.69 Å². The first kappa shape index (κ1) is 20.2. The minimum absolute atomic E-state index is 0.353. The van der Waals surface area contributed by atoms with Crippen molar-refractivity contribution in [2.24, 2.45) is 0 Å². The number of carbonyl (C=O) groups excluding carboxylic acids is 2. The van der Waals surface area contributed by atoms with E-state index in [1.54, 1.807) is 13.0 Å². The molecule has 0 saturated heterocycles. The summed E-state index contributed by atoms with van der Waals surface area (Å²) in [5.74, 6) is -0.0522. The number of carbonyl (C=O) groups is 2. The fourth-order valence-corrected chi connectivity index (χ4v) is 4.75. The van der Waals surface area contributed by atoms with Crippen molar-refractivity contribution in [3.05, 3.63) is 69.6 Å². The van der Waals surface area contributed by atoms with Crippen molar-refractivity contribution >= 4 is 28.9 Å². The second kappa shape index (κ2) is 7.95. The van der Waals surface area contributed by atoms with Crippen LogP contribution in [-0.4, -0.2) is 18.0 Å². The van der Waals surface area contributed by atoms with Gasteiger partial charge in [0.15, 0.2) is 6.10 Å². The Hall–Kier alpha value is -3.12. The Kier molecular flexibility index (Phi) is 5.35. The molecule has 1 amide bonds. The first-order valence-corrected chi connectivity index (χ1v) is 10.6. The van der Waals surface area contributed by atoms with Crippen molar-refractivity contribution in [1.29, 1.82) is 0 Å². The number of ether oxygens (including phenoxy) is 2. The minimum Gasteiger partial charge on any atom is -0.488 e. The highest BCUT2D eigenvalue weighted by atomic mass is 32.1. The van der Waals surface area contributed by atoms with Gasteiger partial charge < -0.3 is 14.8 Å². The van der Waals surface area contributed by atoms with Crippen molar-refractivity contribution in [2.75, 3.05) is 5.32 Å². The Morgan fingerprint density at radius 3 is 2.53 bits per heavy atom. The van der Waals surface area contributed by atoms with E-state index in [0.29, 0.717) is 11.5 Å². The summed E-state index contributed by atoms with van der Waals surface area (Å²) in [7, 11) is 0. The molecule has 5 nitrogen and oxygen atoms in total. The van der Waals surface area contributed by atoms with Gasteiger partial charge in [-0.1, -0.05) is 29.8 Å². The lowest BCUT2D eigenvalue weighted by Crippen LogP contribution is -2.30. The second-order valence-electron chi connectivity index (χ2n) is 7.56. The largest absolute Gasteiger partial charge is 0.488 e. The Bertz CT molecular complexity index is 1120. The molecule has 154 valence electrons. The smallest absolute Gasteiger partial charge is 0.349 e. The van der Waals surface area contributed by atoms with E-state index in [9.17, 15) is 9.59 Å². The molecule has 1 aromatic heterocycles. The topological polar surface area (TPSA) is 64.6 Å². The van der Waals surface area contributed by atoms with Crippen LogP contribution in [0.3, 0.4) is 0 Å². The summed E-state index contributed by atoms with van der Waals surface area (Å²) in [6.07, 6.45) is -0.916. The van der Waals surface area contributed by atoms with E-state index < -0.39 is 12.1 Å². The molecule has 0 saturated carbocycles. The van der Waals surface area contributed by atoms with Crippen LogP contribution < -0.4 is 10.1 Å². The highest BCUT2D eigenvalue weighted by Crippen LogP contribution is 2.42. The second-order valence-corrected chi connectivity index (χ2v) is 8.61. The SMILES string of the molecule is Cc1cc(C)c(NC(=O)C(C)OC(=O)c2cc3c(s2)-c2ccccc2OC3)c(C)c1. The molecule has 0 radical (unpaired) electrons. The predicted molar refractivity (Wildman–Crippen MR) is 118 cm³/mol. The van der Waals surface area contributed by atoms with Crippen LogP contribution in [0.25, 0.3) is 10.4 Å². The molecule has 6 heteroatoms. The summed E-state index contributed by atoms with van der Waals surface area (Å²) in [6, 6.07) is 13.6. The zero-order valence-corrected chi connectivity index (χ0v) is 18.2. The molecule has 3 aromatic rings. The van der Waals surface area contributed by atoms with Gasteiger partial charge in [0.05, 0.1) is 0 Å². The zero-order valence-electron chi connectivity index (χ0n) is 17.4. The van der Waals surface area contributed by atoms with Gasteiger partial charge in [0.25, 0.3) is 5.91 Å². The number of esters is 1. The van der Waals surface area contributed by atoms with Gasteiger partial charge in [-0.05, 0) is 57.0 Å². The molecule has 0 spiro atoms. The average molecular weight is 422 g/mol. The maximum Gasteiger partial charge on any atom is 0.349 e. The third-order valence-electron chi connectivity index (χ3n) is 5.10. The standard InChI is InChI=1S/C24H23NO4S/c1-13-9-14(2)21(15(3)10-13)25-23(26)16(4)29-24(27)20-11-17-12-28-19-8-6-5-7-18(19)22(17)30-20/h5-11,16H,12H2,1-4H3,(H,25,26). The third kappa shape index (κ3) is 3.83. The Labute approximate surface area is 179 Å². The lowest BCUT2D eigenvalue weighted by atomic mass is 10.0. The number of nitrogens with one attached hydrogen (secondary N) is 1. The van der Waals surface area contributed by atoms with E-state index in [1.165, 1.54) is 11.3 Å². The van der Waals surface area contributed by atoms with Crippen LogP contribution in [0.5, 0.6) is 5.75 Å². The summed E-state index contributed by atoms with van der Waals surface area (Å²) >= 11 is 1.36. The van der Waals surface area contributed by atoms with Gasteiger partial charge in [-0.15, -0.1) is 11.3 Å². The maximum atomic E-state index is 12.7. The normalized spacial score (nSPS) is 12.9. The van der Waals surface area contributed by atoms with Crippen molar-refractivity contribution in [2.45, 2.75) is 40.4 Å². The van der Waals surface area contributed by atoms with Gasteiger partial charge in [0, 0.05) is 21.7 Å². The van der Waals surface area contributed by atoms with Gasteiger partial charge in [0.2, 0.25) is 0 Å². The maximum absolute atomic E-state index is 12.7. The van der Waals surface area contributed by atoms with E-state index in [-0.39, 0.29) is 5.91 Å². The van der Waals surface area contributed by atoms with Crippen LogP contribution in [0.15, 0.2) is 42.5 Å². The molecular weight excluding hydrogens is 398 g/mol. The monoisotopic (exact) mass is 421 g/mol. The van der Waals surface area contributed by atoms with Crippen LogP contribution >= 0.6 is 11.3 Å². The van der Waals surface area contributed by atoms with Gasteiger partial charge in [0.1, 0.15) is 17.2 Å². The summed E-state index contributed by atoms with van der Waals surface area (Å²) in [4.78, 5) is 26.8. The number of hydrogen-bond donors (Lipinski definition) is 1. The molecule has 0 bridgehead atoms. The highest BCUT2D eigenvalue weighted by molar-refractivity contribution is 7.17. The Morgan fingerprint density at radius 1 is 1.10 bits per heavy atom. The molecule has 0 fully saturated rings. The predicted octanol–water partition coefficient (Wildman–Crippen LogP) is 5.42. The van der Waals surface area contributed by atoms with Gasteiger partial charge in [-0.3, -0.25) is 4.79 Å². The summed E-state index contributed by atoms with van der Waals surface area (Å²) in [5, 5.41) is 2.89. The molecule has 4 rings (SSSR count). The molecule has 0 aliphatic carbocycles. The minimum atomic E-state index is -0.916.